The summed E-state index contributed by atoms with van der Waals surface area (Å²) in [4.78, 5) is 13.1. The topological polar surface area (TPSA) is 66.6 Å². The number of carboxylic acid groups (broad SMARTS) is 1. The Morgan fingerprint density at radius 1 is 1.17 bits per heavy atom. The van der Waals surface area contributed by atoms with E-state index in [1.807, 2.05) is 77.7 Å². The van der Waals surface area contributed by atoms with E-state index in [9.17, 15) is 9.90 Å². The fourth-order valence-electron chi connectivity index (χ4n) is 2.68. The van der Waals surface area contributed by atoms with Crippen molar-refractivity contribution >= 4 is 29.5 Å². The minimum atomic E-state index is -0.846. The van der Waals surface area contributed by atoms with E-state index in [1.54, 1.807) is 0 Å². The van der Waals surface area contributed by atoms with E-state index >= 15 is 0 Å². The maximum atomic E-state index is 11.2. The lowest BCUT2D eigenvalue weighted by Crippen LogP contribution is -2.38. The van der Waals surface area contributed by atoms with Crippen LogP contribution >= 0.6 is 0 Å². The molecule has 4 heteroatoms. The van der Waals surface area contributed by atoms with Crippen molar-refractivity contribution in [3.8, 4) is 0 Å². The van der Waals surface area contributed by atoms with Gasteiger partial charge in [0.05, 0.1) is 6.04 Å². The molecule has 0 spiro atoms. The van der Waals surface area contributed by atoms with Gasteiger partial charge in [-0.1, -0.05) is 54.6 Å². The maximum Gasteiger partial charge on any atom is 0.323 e. The summed E-state index contributed by atoms with van der Waals surface area (Å²) in [6, 6.07) is 15.3. The predicted octanol–water partition coefficient (Wildman–Crippen LogP) is 3.27. The highest BCUT2D eigenvalue weighted by Crippen LogP contribution is 2.29. The molecule has 3 rings (SSSR count). The number of aliphatic carboxylic acids is 1. The number of para-hydroxylation sites is 1. The van der Waals surface area contributed by atoms with Gasteiger partial charge in [0.25, 0.3) is 0 Å². The molecule has 0 aliphatic carbocycles. The van der Waals surface area contributed by atoms with Crippen molar-refractivity contribution in [1.82, 2.24) is 0 Å². The number of fused-ring (bicyclic) bond motifs is 1. The van der Waals surface area contributed by atoms with Crippen LogP contribution in [0.5, 0.6) is 0 Å². The van der Waals surface area contributed by atoms with E-state index in [1.165, 1.54) is 0 Å². The van der Waals surface area contributed by atoms with Crippen molar-refractivity contribution in [2.45, 2.75) is 6.04 Å². The maximum absolute atomic E-state index is 11.2. The van der Waals surface area contributed by atoms with Gasteiger partial charge in [-0.05, 0) is 29.3 Å². The zero-order chi connectivity index (χ0) is 16.2. The molecule has 0 fully saturated rings. The third kappa shape index (κ3) is 3.43. The normalized spacial score (nSPS) is 16.5. The molecule has 0 amide bonds. The molecule has 3 N–H and O–H groups in total. The Hall–Kier alpha value is -3.01. The zero-order valence-corrected chi connectivity index (χ0v) is 12.6. The third-order valence-corrected chi connectivity index (χ3v) is 3.81. The third-order valence-electron chi connectivity index (χ3n) is 3.81. The number of carboxylic acids is 1. The SMILES string of the molecule is Nc1ccc(/C=C/C2C=Cc3ccccc3N2CC(=O)O)cc1. The number of hydrogen-bond acceptors (Lipinski definition) is 3. The predicted molar refractivity (Wildman–Crippen MR) is 94.1 cm³/mol. The Kier molecular flexibility index (Phi) is 4.15. The lowest BCUT2D eigenvalue weighted by Gasteiger charge is -2.32. The van der Waals surface area contributed by atoms with Crippen molar-refractivity contribution in [2.24, 2.45) is 0 Å². The zero-order valence-electron chi connectivity index (χ0n) is 12.6. The van der Waals surface area contributed by atoms with Crippen LogP contribution in [0, 0.1) is 0 Å². The van der Waals surface area contributed by atoms with E-state index in [-0.39, 0.29) is 12.6 Å². The lowest BCUT2D eigenvalue weighted by molar-refractivity contribution is -0.135. The molecule has 23 heavy (non-hydrogen) atoms. The number of nitrogens with two attached hydrogens (primary N) is 1. The van der Waals surface area contributed by atoms with Crippen LogP contribution in [-0.4, -0.2) is 23.7 Å². The molecular weight excluding hydrogens is 288 g/mol. The Morgan fingerprint density at radius 3 is 2.65 bits per heavy atom. The number of rotatable bonds is 4. The summed E-state index contributed by atoms with van der Waals surface area (Å²) < 4.78 is 0. The quantitative estimate of drug-likeness (QED) is 0.851. The molecule has 1 unspecified atom stereocenters. The summed E-state index contributed by atoms with van der Waals surface area (Å²) in [5.41, 5.74) is 9.41. The van der Waals surface area contributed by atoms with E-state index in [4.69, 9.17) is 5.73 Å². The van der Waals surface area contributed by atoms with Crippen LogP contribution in [0.1, 0.15) is 11.1 Å². The van der Waals surface area contributed by atoms with Gasteiger partial charge in [0.2, 0.25) is 0 Å². The molecule has 2 aromatic rings. The number of carbonyl (C=O) groups is 1. The van der Waals surface area contributed by atoms with Gasteiger partial charge >= 0.3 is 5.97 Å². The van der Waals surface area contributed by atoms with Gasteiger partial charge in [-0.2, -0.15) is 0 Å². The molecule has 4 nitrogen and oxygen atoms in total. The van der Waals surface area contributed by atoms with Gasteiger partial charge in [0.15, 0.2) is 0 Å². The Morgan fingerprint density at radius 2 is 1.91 bits per heavy atom. The summed E-state index contributed by atoms with van der Waals surface area (Å²) in [5, 5.41) is 9.22. The van der Waals surface area contributed by atoms with E-state index < -0.39 is 5.97 Å². The standard InChI is InChI=1S/C19H18N2O2/c20-16-9-5-14(6-10-16)7-11-17-12-8-15-3-1-2-4-18(15)21(17)13-19(22)23/h1-12,17H,13,20H2,(H,22,23)/b11-7+. The first-order valence-corrected chi connectivity index (χ1v) is 7.43. The number of anilines is 2. The number of nitrogen functional groups attached to an aromatic ring is 1. The average molecular weight is 306 g/mol. The van der Waals surface area contributed by atoms with Crippen molar-refractivity contribution in [3.63, 3.8) is 0 Å². The summed E-state index contributed by atoms with van der Waals surface area (Å²) in [6.07, 6.45) is 8.03. The highest BCUT2D eigenvalue weighted by atomic mass is 16.4. The molecule has 0 aromatic heterocycles. The first-order chi connectivity index (χ1) is 11.1. The van der Waals surface area contributed by atoms with Crippen molar-refractivity contribution in [2.75, 3.05) is 17.2 Å². The fourth-order valence-corrected chi connectivity index (χ4v) is 2.68. The van der Waals surface area contributed by atoms with Crippen molar-refractivity contribution < 1.29 is 9.90 Å². The highest BCUT2D eigenvalue weighted by molar-refractivity contribution is 5.80. The lowest BCUT2D eigenvalue weighted by atomic mass is 10.0. The summed E-state index contributed by atoms with van der Waals surface area (Å²) in [5.74, 6) is -0.846. The molecule has 0 saturated heterocycles. The van der Waals surface area contributed by atoms with E-state index in [2.05, 4.69) is 0 Å². The molecule has 116 valence electrons. The second-order valence-electron chi connectivity index (χ2n) is 5.46. The summed E-state index contributed by atoms with van der Waals surface area (Å²) >= 11 is 0. The molecule has 0 bridgehead atoms. The first kappa shape index (κ1) is 14.9. The van der Waals surface area contributed by atoms with Crippen LogP contribution in [0.3, 0.4) is 0 Å². The summed E-state index contributed by atoms with van der Waals surface area (Å²) in [6.45, 7) is -0.0436. The molecule has 1 atom stereocenters. The average Bonchev–Trinajstić information content (AvgIpc) is 2.55. The van der Waals surface area contributed by atoms with E-state index in [0.29, 0.717) is 0 Å². The minimum Gasteiger partial charge on any atom is -0.480 e. The molecule has 0 radical (unpaired) electrons. The molecule has 1 aliphatic heterocycles. The van der Waals surface area contributed by atoms with Crippen LogP contribution in [0.2, 0.25) is 0 Å². The largest absolute Gasteiger partial charge is 0.480 e. The molecule has 0 saturated carbocycles. The van der Waals surface area contributed by atoms with Gasteiger partial charge in [0, 0.05) is 11.4 Å². The van der Waals surface area contributed by atoms with Gasteiger partial charge < -0.3 is 15.7 Å². The molecule has 1 heterocycles. The smallest absolute Gasteiger partial charge is 0.323 e. The highest BCUT2D eigenvalue weighted by Gasteiger charge is 2.22. The molecule has 1 aliphatic rings. The first-order valence-electron chi connectivity index (χ1n) is 7.43. The van der Waals surface area contributed by atoms with Crippen LogP contribution in [0.4, 0.5) is 11.4 Å². The Labute approximate surface area is 135 Å². The van der Waals surface area contributed by atoms with Gasteiger partial charge in [-0.3, -0.25) is 4.79 Å². The van der Waals surface area contributed by atoms with Crippen molar-refractivity contribution in [3.05, 3.63) is 71.8 Å². The second-order valence-corrected chi connectivity index (χ2v) is 5.46. The monoisotopic (exact) mass is 306 g/mol. The summed E-state index contributed by atoms with van der Waals surface area (Å²) in [7, 11) is 0. The van der Waals surface area contributed by atoms with Gasteiger partial charge in [-0.25, -0.2) is 0 Å². The Bertz CT molecular complexity index is 763. The number of nitrogens with zero attached hydrogens (tertiary/aromatic N) is 1. The van der Waals surface area contributed by atoms with Crippen LogP contribution in [0.25, 0.3) is 12.2 Å². The van der Waals surface area contributed by atoms with Gasteiger partial charge in [0.1, 0.15) is 6.54 Å². The minimum absolute atomic E-state index is 0.0436. The van der Waals surface area contributed by atoms with Crippen molar-refractivity contribution in [1.29, 1.82) is 0 Å². The van der Waals surface area contributed by atoms with Crippen LogP contribution in [-0.2, 0) is 4.79 Å². The molecular formula is C19H18N2O2. The van der Waals surface area contributed by atoms with E-state index in [0.717, 1.165) is 22.5 Å². The number of hydrogen-bond donors (Lipinski definition) is 2. The number of benzene rings is 2. The fraction of sp³-hybridized carbons (Fsp3) is 0.105. The van der Waals surface area contributed by atoms with Crippen LogP contribution < -0.4 is 10.6 Å². The van der Waals surface area contributed by atoms with Gasteiger partial charge in [-0.15, -0.1) is 0 Å². The Balaban J connectivity index is 1.88. The molecule has 2 aromatic carbocycles. The van der Waals surface area contributed by atoms with Crippen LogP contribution in [0.15, 0.2) is 60.7 Å². The second kappa shape index (κ2) is 6.40.